The molecule has 2 bridgehead atoms. The molecule has 0 spiro atoms. The fraction of sp³-hybridized carbons (Fsp3) is 0.259. The molecule has 1 saturated heterocycles. The van der Waals surface area contributed by atoms with E-state index < -0.39 is 27.6 Å². The molecule has 0 N–H and O–H groups in total. The lowest BCUT2D eigenvalue weighted by Gasteiger charge is -2.57. The Morgan fingerprint density at radius 3 is 1.61 bits per heavy atom. The first-order valence-electron chi connectivity index (χ1n) is 11.0. The maximum Gasteiger partial charge on any atom is 0.271 e. The van der Waals surface area contributed by atoms with E-state index in [0.717, 1.165) is 22.3 Å². The number of carbonyl (C=O) groups excluding carboxylic acids is 2. The summed E-state index contributed by atoms with van der Waals surface area (Å²) in [6.45, 7) is 5.90. The van der Waals surface area contributed by atoms with Crippen molar-refractivity contribution in [3.8, 4) is 0 Å². The summed E-state index contributed by atoms with van der Waals surface area (Å²) in [5, 5.41) is 11.4. The van der Waals surface area contributed by atoms with Crippen molar-refractivity contribution in [2.24, 2.45) is 11.8 Å². The third kappa shape index (κ3) is 2.14. The highest BCUT2D eigenvalue weighted by Gasteiger charge is 2.70. The zero-order chi connectivity index (χ0) is 23.3. The van der Waals surface area contributed by atoms with Gasteiger partial charge >= 0.3 is 0 Å². The lowest BCUT2D eigenvalue weighted by molar-refractivity contribution is -0.384. The van der Waals surface area contributed by atoms with Gasteiger partial charge in [0.25, 0.3) is 5.69 Å². The zero-order valence-corrected chi connectivity index (χ0v) is 18.5. The van der Waals surface area contributed by atoms with Crippen molar-refractivity contribution in [3.63, 3.8) is 0 Å². The molecule has 6 heteroatoms. The molecule has 2 atom stereocenters. The molecule has 1 heterocycles. The summed E-state index contributed by atoms with van der Waals surface area (Å²) in [4.78, 5) is 40.3. The molecule has 3 aromatic rings. The molecule has 164 valence electrons. The maximum absolute atomic E-state index is 14.1. The van der Waals surface area contributed by atoms with Gasteiger partial charge in [0.15, 0.2) is 0 Å². The van der Waals surface area contributed by atoms with Gasteiger partial charge in [0, 0.05) is 23.0 Å². The van der Waals surface area contributed by atoms with Crippen LogP contribution >= 0.6 is 0 Å². The second-order valence-corrected chi connectivity index (χ2v) is 9.69. The lowest BCUT2D eigenvalue weighted by atomic mass is 9.42. The number of benzene rings is 3. The van der Waals surface area contributed by atoms with Crippen molar-refractivity contribution >= 4 is 23.2 Å². The van der Waals surface area contributed by atoms with E-state index in [2.05, 4.69) is 38.1 Å². The van der Waals surface area contributed by atoms with Crippen molar-refractivity contribution in [1.82, 2.24) is 0 Å². The molecule has 4 aliphatic rings. The minimum atomic E-state index is -0.675. The van der Waals surface area contributed by atoms with E-state index in [4.69, 9.17) is 0 Å². The normalized spacial score (nSPS) is 29.0. The summed E-state index contributed by atoms with van der Waals surface area (Å²) in [6.07, 6.45) is 0. The molecule has 0 radical (unpaired) electrons. The van der Waals surface area contributed by atoms with Gasteiger partial charge in [0.1, 0.15) is 0 Å². The number of non-ortho nitro benzene ring substituents is 1. The van der Waals surface area contributed by atoms with Crippen LogP contribution in [0.25, 0.3) is 0 Å². The third-order valence-electron chi connectivity index (χ3n) is 8.29. The highest BCUT2D eigenvalue weighted by atomic mass is 16.6. The first-order chi connectivity index (χ1) is 15.7. The van der Waals surface area contributed by atoms with Crippen molar-refractivity contribution in [2.75, 3.05) is 4.90 Å². The summed E-state index contributed by atoms with van der Waals surface area (Å²) < 4.78 is 0. The van der Waals surface area contributed by atoms with Gasteiger partial charge in [-0.2, -0.15) is 0 Å². The molecule has 1 fully saturated rings. The highest BCUT2D eigenvalue weighted by molar-refractivity contribution is 6.24. The van der Waals surface area contributed by atoms with E-state index in [-0.39, 0.29) is 17.5 Å². The lowest BCUT2D eigenvalue weighted by Crippen LogP contribution is -2.59. The number of nitro groups is 1. The van der Waals surface area contributed by atoms with Crippen LogP contribution in [0.15, 0.2) is 66.7 Å². The molecule has 3 aromatic carbocycles. The van der Waals surface area contributed by atoms with Crippen LogP contribution in [-0.4, -0.2) is 16.7 Å². The predicted octanol–water partition coefficient (Wildman–Crippen LogP) is 4.65. The Bertz CT molecular complexity index is 1290. The molecule has 33 heavy (non-hydrogen) atoms. The van der Waals surface area contributed by atoms with Crippen LogP contribution in [0, 0.1) is 28.9 Å². The quantitative estimate of drug-likeness (QED) is 0.331. The van der Waals surface area contributed by atoms with Gasteiger partial charge < -0.3 is 0 Å². The second kappa shape index (κ2) is 6.16. The van der Waals surface area contributed by atoms with E-state index in [1.165, 1.54) is 17.0 Å². The van der Waals surface area contributed by atoms with Gasteiger partial charge in [0.05, 0.1) is 22.4 Å². The molecular weight excluding hydrogens is 416 g/mol. The summed E-state index contributed by atoms with van der Waals surface area (Å²) in [5.74, 6) is -1.74. The number of nitrogens with zero attached hydrogens (tertiary/aromatic N) is 2. The molecule has 0 unspecified atom stereocenters. The number of hydrogen-bond donors (Lipinski definition) is 0. The molecular formula is C27H22N2O4. The summed E-state index contributed by atoms with van der Waals surface area (Å²) in [6, 6.07) is 20.5. The fourth-order valence-electron chi connectivity index (χ4n) is 6.76. The van der Waals surface area contributed by atoms with Crippen LogP contribution in [0.1, 0.15) is 41.7 Å². The van der Waals surface area contributed by atoms with Crippen molar-refractivity contribution < 1.29 is 14.5 Å². The third-order valence-corrected chi connectivity index (χ3v) is 8.29. The molecule has 7 rings (SSSR count). The van der Waals surface area contributed by atoms with Crippen molar-refractivity contribution in [2.45, 2.75) is 31.6 Å². The number of nitro benzene ring substituents is 1. The zero-order valence-electron chi connectivity index (χ0n) is 18.5. The predicted molar refractivity (Wildman–Crippen MR) is 123 cm³/mol. The standard InChI is InChI=1S/C27H22N2O4/c1-15-12-13-16(29(32)33)14-21(15)28-24(30)22-23(25(28)31)27(3)19-10-6-4-8-17(19)26(22,2)18-9-5-7-11-20(18)27/h4-14,22-23H,1-3H3/t22-,23-,26?,27?/m0/s1. The average Bonchev–Trinajstić information content (AvgIpc) is 3.09. The number of aryl methyl sites for hydroxylation is 1. The van der Waals surface area contributed by atoms with E-state index in [9.17, 15) is 19.7 Å². The number of anilines is 1. The number of carbonyl (C=O) groups is 2. The van der Waals surface area contributed by atoms with Crippen LogP contribution in [0.5, 0.6) is 0 Å². The second-order valence-electron chi connectivity index (χ2n) is 9.69. The number of imide groups is 1. The summed E-state index contributed by atoms with van der Waals surface area (Å²) in [5.41, 5.74) is 3.76. The van der Waals surface area contributed by atoms with Gasteiger partial charge in [-0.1, -0.05) is 68.4 Å². The Labute approximate surface area is 191 Å². The van der Waals surface area contributed by atoms with Gasteiger partial charge in [0.2, 0.25) is 11.8 Å². The molecule has 0 saturated carbocycles. The minimum absolute atomic E-state index is 0.141. The van der Waals surface area contributed by atoms with Crippen LogP contribution < -0.4 is 4.90 Å². The van der Waals surface area contributed by atoms with E-state index in [1.807, 2.05) is 24.3 Å². The first kappa shape index (κ1) is 19.9. The highest BCUT2D eigenvalue weighted by Crippen LogP contribution is 2.66. The van der Waals surface area contributed by atoms with Crippen LogP contribution in [0.2, 0.25) is 0 Å². The first-order valence-corrected chi connectivity index (χ1v) is 11.0. The number of amides is 2. The SMILES string of the molecule is Cc1ccc([N+](=O)[O-])cc1N1C(=O)[C@@H]2[C@@H](C1=O)C1(C)c3ccccc3C2(C)c2ccccc21. The largest absolute Gasteiger partial charge is 0.274 e. The van der Waals surface area contributed by atoms with Crippen LogP contribution in [-0.2, 0) is 20.4 Å². The molecule has 2 amide bonds. The fourth-order valence-corrected chi connectivity index (χ4v) is 6.76. The van der Waals surface area contributed by atoms with Crippen LogP contribution in [0.4, 0.5) is 11.4 Å². The summed E-state index contributed by atoms with van der Waals surface area (Å²) >= 11 is 0. The Kier molecular flexibility index (Phi) is 3.71. The van der Waals surface area contributed by atoms with Gasteiger partial charge in [-0.05, 0) is 34.7 Å². The molecule has 1 aliphatic heterocycles. The van der Waals surface area contributed by atoms with Gasteiger partial charge in [-0.25, -0.2) is 4.90 Å². The maximum atomic E-state index is 14.1. The Hall–Kier alpha value is -3.80. The van der Waals surface area contributed by atoms with Crippen molar-refractivity contribution in [1.29, 1.82) is 0 Å². The van der Waals surface area contributed by atoms with E-state index in [1.54, 1.807) is 13.0 Å². The Balaban J connectivity index is 1.64. The van der Waals surface area contributed by atoms with Gasteiger partial charge in [-0.15, -0.1) is 0 Å². The summed E-state index contributed by atoms with van der Waals surface area (Å²) in [7, 11) is 0. The smallest absolute Gasteiger partial charge is 0.271 e. The minimum Gasteiger partial charge on any atom is -0.274 e. The van der Waals surface area contributed by atoms with E-state index in [0.29, 0.717) is 11.3 Å². The number of rotatable bonds is 2. The van der Waals surface area contributed by atoms with Crippen molar-refractivity contribution in [3.05, 3.63) is 105 Å². The average molecular weight is 438 g/mol. The molecule has 6 nitrogen and oxygen atoms in total. The molecule has 0 aromatic heterocycles. The monoisotopic (exact) mass is 438 g/mol. The topological polar surface area (TPSA) is 80.5 Å². The van der Waals surface area contributed by atoms with E-state index >= 15 is 0 Å². The van der Waals surface area contributed by atoms with Gasteiger partial charge in [-0.3, -0.25) is 19.7 Å². The van der Waals surface area contributed by atoms with Crippen LogP contribution in [0.3, 0.4) is 0 Å². The number of hydrogen-bond acceptors (Lipinski definition) is 4. The molecule has 3 aliphatic carbocycles. The Morgan fingerprint density at radius 2 is 1.21 bits per heavy atom. The Morgan fingerprint density at radius 1 is 0.788 bits per heavy atom.